The average Bonchev–Trinajstić information content (AvgIpc) is 2.05. The van der Waals surface area contributed by atoms with Crippen molar-refractivity contribution >= 4 is 5.97 Å². The van der Waals surface area contributed by atoms with E-state index in [2.05, 4.69) is 6.92 Å². The minimum atomic E-state index is -0.880. The quantitative estimate of drug-likeness (QED) is 0.483. The number of carboxylic acids is 1. The minimum Gasteiger partial charge on any atom is -0.550 e. The second-order valence-electron chi connectivity index (χ2n) is 3.87. The van der Waals surface area contributed by atoms with Gasteiger partial charge in [0.2, 0.25) is 0 Å². The third kappa shape index (κ3) is 4.74. The first-order valence-corrected chi connectivity index (χ1v) is 4.92. The predicted molar refractivity (Wildman–Crippen MR) is 45.4 cm³/mol. The molecule has 0 aliphatic heterocycles. The van der Waals surface area contributed by atoms with Crippen molar-refractivity contribution in [1.82, 2.24) is 0 Å². The molecular weight excluding hydrogens is 159 g/mol. The number of hydrogen-bond acceptors (Lipinski definition) is 2. The van der Waals surface area contributed by atoms with E-state index in [1.807, 2.05) is 0 Å². The molecule has 0 amide bonds. The van der Waals surface area contributed by atoms with Crippen LogP contribution >= 0.6 is 0 Å². The fourth-order valence-electron chi connectivity index (χ4n) is 2.08. The van der Waals surface area contributed by atoms with Gasteiger partial charge < -0.3 is 9.90 Å². The summed E-state index contributed by atoms with van der Waals surface area (Å²) < 4.78 is 0. The first kappa shape index (κ1) is 13.1. The van der Waals surface area contributed by atoms with Crippen molar-refractivity contribution in [2.75, 3.05) is 0 Å². The molecule has 13 heavy (non-hydrogen) atoms. The van der Waals surface area contributed by atoms with Crippen molar-refractivity contribution in [3.63, 3.8) is 0 Å². The molecule has 1 saturated carbocycles. The summed E-state index contributed by atoms with van der Waals surface area (Å²) in [4.78, 5) is 10.3. The van der Waals surface area contributed by atoms with Gasteiger partial charge in [0.1, 0.15) is 0 Å². The van der Waals surface area contributed by atoms with Gasteiger partial charge in [-0.1, -0.05) is 26.2 Å². The number of carboxylic acid groups (broad SMARTS) is 1. The van der Waals surface area contributed by atoms with E-state index in [0.717, 1.165) is 18.8 Å². The molecule has 2 nitrogen and oxygen atoms in total. The Kier molecular flexibility index (Phi) is 6.54. The molecule has 0 saturated heterocycles. The van der Waals surface area contributed by atoms with Crippen molar-refractivity contribution in [3.05, 3.63) is 0 Å². The Hall–Kier alpha value is 0.0674. The van der Waals surface area contributed by atoms with Gasteiger partial charge in [-0.3, -0.25) is 0 Å². The van der Waals surface area contributed by atoms with Crippen LogP contribution < -0.4 is 24.0 Å². The Morgan fingerprint density at radius 3 is 2.08 bits per heavy atom. The van der Waals surface area contributed by atoms with Gasteiger partial charge in [-0.15, -0.1) is 0 Å². The van der Waals surface area contributed by atoms with Crippen molar-refractivity contribution in [2.45, 2.75) is 45.4 Å². The maximum Gasteiger partial charge on any atom is 1.00 e. The molecule has 0 bridgehead atoms. The average molecular weight is 176 g/mol. The Labute approximate surface area is 92.3 Å². The van der Waals surface area contributed by atoms with E-state index >= 15 is 0 Å². The minimum absolute atomic E-state index is 0. The van der Waals surface area contributed by atoms with Gasteiger partial charge in [0.15, 0.2) is 0 Å². The number of aliphatic carboxylic acids is 1. The smallest absolute Gasteiger partial charge is 0.550 e. The Bertz CT molecular complexity index is 151. The van der Waals surface area contributed by atoms with Crippen LogP contribution in [0, 0.1) is 11.8 Å². The number of rotatable bonds is 3. The second kappa shape index (κ2) is 6.51. The summed E-state index contributed by atoms with van der Waals surface area (Å²) in [6, 6.07) is 0. The van der Waals surface area contributed by atoms with E-state index in [-0.39, 0.29) is 25.3 Å². The molecule has 3 heteroatoms. The molecule has 1 fully saturated rings. The Balaban J connectivity index is 0.00000144. The topological polar surface area (TPSA) is 40.1 Å². The summed E-state index contributed by atoms with van der Waals surface area (Å²) >= 11 is 0. The van der Waals surface area contributed by atoms with E-state index in [1.165, 1.54) is 19.3 Å². The van der Waals surface area contributed by atoms with Crippen LogP contribution in [0.4, 0.5) is 0 Å². The van der Waals surface area contributed by atoms with E-state index in [1.54, 1.807) is 0 Å². The van der Waals surface area contributed by atoms with Gasteiger partial charge in [-0.2, -0.15) is 0 Å². The predicted octanol–water partition coefficient (Wildman–Crippen LogP) is -1.65. The molecule has 0 aromatic heterocycles. The first-order chi connectivity index (χ1) is 5.72. The zero-order valence-electron chi connectivity index (χ0n) is 8.71. The molecule has 0 heterocycles. The van der Waals surface area contributed by atoms with Gasteiger partial charge in [-0.25, -0.2) is 0 Å². The summed E-state index contributed by atoms with van der Waals surface area (Å²) in [7, 11) is 0. The van der Waals surface area contributed by atoms with Gasteiger partial charge >= 0.3 is 18.9 Å². The van der Waals surface area contributed by atoms with Gasteiger partial charge in [0, 0.05) is 5.97 Å². The normalized spacial score (nSPS) is 27.8. The molecule has 0 radical (unpaired) electrons. The monoisotopic (exact) mass is 176 g/mol. The van der Waals surface area contributed by atoms with Crippen LogP contribution in [0.5, 0.6) is 0 Å². The van der Waals surface area contributed by atoms with E-state index in [0.29, 0.717) is 5.92 Å². The van der Waals surface area contributed by atoms with Crippen LogP contribution in [0.15, 0.2) is 0 Å². The molecule has 0 atom stereocenters. The third-order valence-corrected chi connectivity index (χ3v) is 3.00. The van der Waals surface area contributed by atoms with Crippen LogP contribution in [0.1, 0.15) is 45.4 Å². The van der Waals surface area contributed by atoms with Gasteiger partial charge in [0.05, 0.1) is 0 Å². The summed E-state index contributed by atoms with van der Waals surface area (Å²) in [5.41, 5.74) is 0. The van der Waals surface area contributed by atoms with E-state index in [4.69, 9.17) is 0 Å². The molecule has 0 spiro atoms. The zero-order chi connectivity index (χ0) is 8.97. The van der Waals surface area contributed by atoms with Crippen molar-refractivity contribution in [1.29, 1.82) is 0 Å². The van der Waals surface area contributed by atoms with E-state index < -0.39 is 5.97 Å². The van der Waals surface area contributed by atoms with Crippen LogP contribution in [-0.4, -0.2) is 5.97 Å². The van der Waals surface area contributed by atoms with Crippen LogP contribution in [-0.2, 0) is 4.79 Å². The molecule has 0 aromatic rings. The standard InChI is InChI=1S/C10H18O2.Li/c1-2-8-3-5-9(6-4-8)7-10(11)12;/h8-9H,2-7H2,1H3,(H,11,12);/q;+1/p-1. The SMILES string of the molecule is CCC1CCC(CC(=O)[O-])CC1.[Li+]. The van der Waals surface area contributed by atoms with Gasteiger partial charge in [-0.05, 0) is 31.1 Å². The molecule has 0 N–H and O–H groups in total. The maximum absolute atomic E-state index is 10.3. The molecule has 1 rings (SSSR count). The van der Waals surface area contributed by atoms with Crippen LogP contribution in [0.2, 0.25) is 0 Å². The molecule has 70 valence electrons. The largest absolute Gasteiger partial charge is 1.00 e. The van der Waals surface area contributed by atoms with Crippen molar-refractivity contribution in [3.8, 4) is 0 Å². The molecular formula is C10H17LiO2. The summed E-state index contributed by atoms with van der Waals surface area (Å²) in [5.74, 6) is 0.371. The summed E-state index contributed by atoms with van der Waals surface area (Å²) in [6.07, 6.45) is 6.14. The van der Waals surface area contributed by atoms with Crippen molar-refractivity contribution in [2.24, 2.45) is 11.8 Å². The number of carbonyl (C=O) groups is 1. The molecule has 0 aromatic carbocycles. The number of hydrogen-bond donors (Lipinski definition) is 0. The fraction of sp³-hybridized carbons (Fsp3) is 0.900. The van der Waals surface area contributed by atoms with Crippen molar-refractivity contribution < 1.29 is 28.8 Å². The first-order valence-electron chi connectivity index (χ1n) is 4.92. The Morgan fingerprint density at radius 2 is 1.69 bits per heavy atom. The fourth-order valence-corrected chi connectivity index (χ4v) is 2.08. The third-order valence-electron chi connectivity index (χ3n) is 3.00. The Morgan fingerprint density at radius 1 is 1.23 bits per heavy atom. The molecule has 1 aliphatic rings. The molecule has 1 aliphatic carbocycles. The van der Waals surface area contributed by atoms with Crippen LogP contribution in [0.3, 0.4) is 0 Å². The van der Waals surface area contributed by atoms with Gasteiger partial charge in [0.25, 0.3) is 0 Å². The second-order valence-corrected chi connectivity index (χ2v) is 3.87. The summed E-state index contributed by atoms with van der Waals surface area (Å²) in [5, 5.41) is 10.3. The number of carbonyl (C=O) groups excluding carboxylic acids is 1. The maximum atomic E-state index is 10.3. The van der Waals surface area contributed by atoms with E-state index in [9.17, 15) is 9.90 Å². The van der Waals surface area contributed by atoms with Crippen LogP contribution in [0.25, 0.3) is 0 Å². The molecule has 0 unspecified atom stereocenters. The zero-order valence-corrected chi connectivity index (χ0v) is 8.71. The summed E-state index contributed by atoms with van der Waals surface area (Å²) in [6.45, 7) is 2.21.